The molecule has 6 aromatic rings. The number of hydrogen-bond donors (Lipinski definition) is 4. The molecule has 0 saturated heterocycles. The van der Waals surface area contributed by atoms with Gasteiger partial charge in [-0.1, -0.05) is 48.5 Å². The van der Waals surface area contributed by atoms with E-state index in [4.69, 9.17) is 0 Å². The summed E-state index contributed by atoms with van der Waals surface area (Å²) in [5, 5.41) is 43.6. The van der Waals surface area contributed by atoms with Gasteiger partial charge in [-0.2, -0.15) is 0 Å². The molecule has 0 saturated carbocycles. The zero-order chi connectivity index (χ0) is 25.1. The minimum Gasteiger partial charge on any atom is -0.507 e. The number of carbonyl (C=O) groups is 2. The molecule has 0 aliphatic heterocycles. The van der Waals surface area contributed by atoms with Crippen LogP contribution in [0.4, 0.5) is 0 Å². The maximum absolute atomic E-state index is 11.8. The number of phenolic OH excluding ortho intramolecular Hbond substituents is 2. The van der Waals surface area contributed by atoms with Crippen LogP contribution < -0.4 is 0 Å². The Kier molecular flexibility index (Phi) is 4.65. The molecule has 0 bridgehead atoms. The third kappa shape index (κ3) is 3.01. The van der Waals surface area contributed by atoms with E-state index in [9.17, 15) is 30.0 Å². The molecular formula is C28H20N2O6. The quantitative estimate of drug-likeness (QED) is 0.279. The number of para-hydroxylation sites is 2. The first-order valence-corrected chi connectivity index (χ1v) is 11.3. The predicted molar refractivity (Wildman–Crippen MR) is 136 cm³/mol. The summed E-state index contributed by atoms with van der Waals surface area (Å²) in [6, 6.07) is 20.9. The molecule has 0 fully saturated rings. The van der Waals surface area contributed by atoms with Crippen LogP contribution >= 0.6 is 0 Å². The van der Waals surface area contributed by atoms with Crippen LogP contribution in [0.25, 0.3) is 43.6 Å². The first-order chi connectivity index (χ1) is 17.4. The van der Waals surface area contributed by atoms with Gasteiger partial charge in [0, 0.05) is 16.2 Å². The Labute approximate surface area is 203 Å². The van der Waals surface area contributed by atoms with Gasteiger partial charge in [0.05, 0.1) is 34.8 Å². The van der Waals surface area contributed by atoms with Crippen molar-refractivity contribution in [1.29, 1.82) is 0 Å². The van der Waals surface area contributed by atoms with Crippen LogP contribution in [0.2, 0.25) is 0 Å². The number of rotatable bonds is 5. The highest BCUT2D eigenvalue weighted by Gasteiger charge is 2.24. The van der Waals surface area contributed by atoms with Gasteiger partial charge in [0.1, 0.15) is 17.0 Å². The minimum absolute atomic E-state index is 0.00168. The Morgan fingerprint density at radius 3 is 1.83 bits per heavy atom. The SMILES string of the molecule is O=C(O)Cc1cccc2c1c1c(O)cccc1n2-n1c2c(O)cccc2c2cccc(CC(=O)O)c21. The summed E-state index contributed by atoms with van der Waals surface area (Å²) in [6.45, 7) is 0. The molecule has 0 atom stereocenters. The Morgan fingerprint density at radius 1 is 0.583 bits per heavy atom. The van der Waals surface area contributed by atoms with E-state index >= 15 is 0 Å². The molecule has 2 aromatic heterocycles. The van der Waals surface area contributed by atoms with Gasteiger partial charge in [-0.05, 0) is 35.4 Å². The highest BCUT2D eigenvalue weighted by atomic mass is 16.4. The van der Waals surface area contributed by atoms with Crippen molar-refractivity contribution in [2.45, 2.75) is 12.8 Å². The number of fused-ring (bicyclic) bond motifs is 6. The molecule has 178 valence electrons. The number of aromatic hydroxyl groups is 2. The van der Waals surface area contributed by atoms with Crippen LogP contribution in [0, 0.1) is 0 Å². The minimum atomic E-state index is -1.00. The number of aromatic nitrogens is 2. The van der Waals surface area contributed by atoms with E-state index in [2.05, 4.69) is 0 Å². The molecule has 4 aromatic carbocycles. The third-order valence-electron chi connectivity index (χ3n) is 6.59. The van der Waals surface area contributed by atoms with Gasteiger partial charge in [0.2, 0.25) is 0 Å². The molecule has 8 heteroatoms. The molecule has 4 N–H and O–H groups in total. The number of phenols is 2. The maximum atomic E-state index is 11.8. The number of hydrogen-bond acceptors (Lipinski definition) is 4. The summed E-state index contributed by atoms with van der Waals surface area (Å²) in [4.78, 5) is 23.4. The van der Waals surface area contributed by atoms with Gasteiger partial charge >= 0.3 is 11.9 Å². The van der Waals surface area contributed by atoms with E-state index in [0.717, 1.165) is 10.8 Å². The standard InChI is InChI=1S/C28H20N2O6/c31-21-11-4-10-20-26(21)25-15(13-23(33)34)5-2-9-19(25)29(20)30-27-16(14-24(35)36)6-1-7-17(27)18-8-3-12-22(32)28(18)30/h1-12,31-32H,13-14H2,(H,33,34)(H,35,36). The number of carboxylic acid groups (broad SMARTS) is 2. The molecule has 0 aliphatic rings. The monoisotopic (exact) mass is 480 g/mol. The summed E-state index contributed by atoms with van der Waals surface area (Å²) in [6.07, 6.45) is -0.478. The summed E-state index contributed by atoms with van der Waals surface area (Å²) in [5.41, 5.74) is 3.33. The molecule has 2 heterocycles. The second-order valence-corrected chi connectivity index (χ2v) is 8.73. The molecule has 8 nitrogen and oxygen atoms in total. The Balaban J connectivity index is 1.89. The smallest absolute Gasteiger partial charge is 0.307 e. The van der Waals surface area contributed by atoms with E-state index in [1.54, 1.807) is 59.3 Å². The van der Waals surface area contributed by atoms with Crippen molar-refractivity contribution in [2.75, 3.05) is 0 Å². The summed E-state index contributed by atoms with van der Waals surface area (Å²) >= 11 is 0. The summed E-state index contributed by atoms with van der Waals surface area (Å²) in [5.74, 6) is -2.00. The zero-order valence-electron chi connectivity index (χ0n) is 18.8. The van der Waals surface area contributed by atoms with E-state index in [-0.39, 0.29) is 24.3 Å². The van der Waals surface area contributed by atoms with E-state index in [1.807, 2.05) is 22.9 Å². The molecule has 0 aliphatic carbocycles. The lowest BCUT2D eigenvalue weighted by molar-refractivity contribution is -0.137. The van der Waals surface area contributed by atoms with Crippen LogP contribution in [0.5, 0.6) is 11.5 Å². The van der Waals surface area contributed by atoms with Crippen molar-refractivity contribution in [1.82, 2.24) is 9.35 Å². The molecule has 36 heavy (non-hydrogen) atoms. The highest BCUT2D eigenvalue weighted by Crippen LogP contribution is 2.42. The predicted octanol–water partition coefficient (Wildman–Crippen LogP) is 4.88. The third-order valence-corrected chi connectivity index (χ3v) is 6.59. The molecule has 0 radical (unpaired) electrons. The van der Waals surface area contributed by atoms with E-state index < -0.39 is 11.9 Å². The summed E-state index contributed by atoms with van der Waals surface area (Å²) in [7, 11) is 0. The fourth-order valence-electron chi connectivity index (χ4n) is 5.32. The normalized spacial score (nSPS) is 11.7. The van der Waals surface area contributed by atoms with Crippen LogP contribution in [-0.4, -0.2) is 41.7 Å². The van der Waals surface area contributed by atoms with Crippen molar-refractivity contribution in [2.24, 2.45) is 0 Å². The molecule has 0 unspecified atom stereocenters. The number of benzene rings is 4. The van der Waals surface area contributed by atoms with Gasteiger partial charge in [-0.25, -0.2) is 9.35 Å². The van der Waals surface area contributed by atoms with Gasteiger partial charge in [-0.15, -0.1) is 0 Å². The average molecular weight is 480 g/mol. The molecule has 0 amide bonds. The van der Waals surface area contributed by atoms with E-state index in [0.29, 0.717) is 44.0 Å². The van der Waals surface area contributed by atoms with E-state index in [1.165, 1.54) is 0 Å². The highest BCUT2D eigenvalue weighted by molar-refractivity contribution is 6.16. The van der Waals surface area contributed by atoms with Gasteiger partial charge in [0.15, 0.2) is 0 Å². The Morgan fingerprint density at radius 2 is 1.11 bits per heavy atom. The first-order valence-electron chi connectivity index (χ1n) is 11.3. The van der Waals surface area contributed by atoms with Crippen LogP contribution in [0.3, 0.4) is 0 Å². The van der Waals surface area contributed by atoms with Gasteiger partial charge in [0.25, 0.3) is 0 Å². The van der Waals surface area contributed by atoms with Crippen molar-refractivity contribution in [3.63, 3.8) is 0 Å². The number of nitrogens with zero attached hydrogens (tertiary/aromatic N) is 2. The molecule has 6 rings (SSSR count). The van der Waals surface area contributed by atoms with Gasteiger partial charge in [-0.3, -0.25) is 9.59 Å². The molecular weight excluding hydrogens is 460 g/mol. The van der Waals surface area contributed by atoms with Crippen LogP contribution in [0.1, 0.15) is 11.1 Å². The largest absolute Gasteiger partial charge is 0.507 e. The van der Waals surface area contributed by atoms with Crippen LogP contribution in [0.15, 0.2) is 72.8 Å². The van der Waals surface area contributed by atoms with Crippen molar-refractivity contribution < 1.29 is 30.0 Å². The second kappa shape index (κ2) is 7.78. The lowest BCUT2D eigenvalue weighted by atomic mass is 10.0. The van der Waals surface area contributed by atoms with Gasteiger partial charge < -0.3 is 20.4 Å². The first kappa shape index (κ1) is 21.5. The molecule has 0 spiro atoms. The fraction of sp³-hybridized carbons (Fsp3) is 0.0714. The maximum Gasteiger partial charge on any atom is 0.307 e. The van der Waals surface area contributed by atoms with Crippen molar-refractivity contribution >= 4 is 55.6 Å². The second-order valence-electron chi connectivity index (χ2n) is 8.73. The fourth-order valence-corrected chi connectivity index (χ4v) is 5.32. The average Bonchev–Trinajstić information content (AvgIpc) is 3.34. The lowest BCUT2D eigenvalue weighted by Gasteiger charge is -2.15. The topological polar surface area (TPSA) is 125 Å². The zero-order valence-corrected chi connectivity index (χ0v) is 18.8. The Hall–Kier alpha value is -4.98. The lowest BCUT2D eigenvalue weighted by Crippen LogP contribution is -2.11. The Bertz CT molecular complexity index is 1880. The number of carboxylic acids is 2. The van der Waals surface area contributed by atoms with Crippen molar-refractivity contribution in [3.8, 4) is 11.5 Å². The summed E-state index contributed by atoms with van der Waals surface area (Å²) < 4.78 is 3.58. The van der Waals surface area contributed by atoms with Crippen LogP contribution in [-0.2, 0) is 22.4 Å². The van der Waals surface area contributed by atoms with Crippen molar-refractivity contribution in [3.05, 3.63) is 83.9 Å². The number of aliphatic carboxylic acids is 2.